The standard InChI is InChI=1S/C13H14BrNO/c1-9-4-3-5-10(8-9)12(15-2)13-11(14)6-7-16-13/h3-8,12,15H,1-2H3. The molecule has 3 heteroatoms. The minimum atomic E-state index is 0.0873. The van der Waals surface area contributed by atoms with Gasteiger partial charge >= 0.3 is 0 Å². The van der Waals surface area contributed by atoms with Gasteiger partial charge in [-0.1, -0.05) is 29.8 Å². The minimum Gasteiger partial charge on any atom is -0.466 e. The van der Waals surface area contributed by atoms with Crippen molar-refractivity contribution in [1.82, 2.24) is 5.32 Å². The van der Waals surface area contributed by atoms with Crippen molar-refractivity contribution in [3.63, 3.8) is 0 Å². The third kappa shape index (κ3) is 2.20. The molecular weight excluding hydrogens is 266 g/mol. The van der Waals surface area contributed by atoms with Gasteiger partial charge < -0.3 is 9.73 Å². The molecule has 0 fully saturated rings. The van der Waals surface area contributed by atoms with Crippen LogP contribution in [0.1, 0.15) is 22.9 Å². The number of rotatable bonds is 3. The maximum Gasteiger partial charge on any atom is 0.139 e. The van der Waals surface area contributed by atoms with Crippen molar-refractivity contribution in [3.05, 3.63) is 58.0 Å². The summed E-state index contributed by atoms with van der Waals surface area (Å²) >= 11 is 3.49. The summed E-state index contributed by atoms with van der Waals surface area (Å²) in [5.41, 5.74) is 2.46. The zero-order valence-electron chi connectivity index (χ0n) is 9.33. The number of halogens is 1. The van der Waals surface area contributed by atoms with E-state index in [-0.39, 0.29) is 6.04 Å². The zero-order valence-corrected chi connectivity index (χ0v) is 10.9. The van der Waals surface area contributed by atoms with E-state index in [1.54, 1.807) is 6.26 Å². The molecule has 0 saturated heterocycles. The Balaban J connectivity index is 2.40. The van der Waals surface area contributed by atoms with E-state index in [1.165, 1.54) is 11.1 Å². The van der Waals surface area contributed by atoms with Gasteiger partial charge in [0, 0.05) is 0 Å². The monoisotopic (exact) mass is 279 g/mol. The molecule has 1 aromatic heterocycles. The first-order valence-electron chi connectivity index (χ1n) is 5.19. The van der Waals surface area contributed by atoms with Crippen molar-refractivity contribution in [2.45, 2.75) is 13.0 Å². The average molecular weight is 280 g/mol. The lowest BCUT2D eigenvalue weighted by Crippen LogP contribution is -2.17. The average Bonchev–Trinajstić information content (AvgIpc) is 2.67. The molecule has 1 atom stereocenters. The van der Waals surface area contributed by atoms with E-state index in [9.17, 15) is 0 Å². The van der Waals surface area contributed by atoms with Gasteiger partial charge in [-0.2, -0.15) is 0 Å². The van der Waals surface area contributed by atoms with Crippen LogP contribution >= 0.6 is 15.9 Å². The molecule has 0 aliphatic heterocycles. The summed E-state index contributed by atoms with van der Waals surface area (Å²) in [5, 5.41) is 3.27. The summed E-state index contributed by atoms with van der Waals surface area (Å²) in [7, 11) is 1.93. The quantitative estimate of drug-likeness (QED) is 0.928. The second kappa shape index (κ2) is 4.85. The molecule has 1 heterocycles. The molecule has 1 unspecified atom stereocenters. The summed E-state index contributed by atoms with van der Waals surface area (Å²) in [4.78, 5) is 0. The van der Waals surface area contributed by atoms with E-state index in [1.807, 2.05) is 13.1 Å². The predicted octanol–water partition coefficient (Wildman–Crippen LogP) is 3.66. The second-order valence-corrected chi connectivity index (χ2v) is 4.62. The molecule has 0 radical (unpaired) electrons. The first-order chi connectivity index (χ1) is 7.72. The summed E-state index contributed by atoms with van der Waals surface area (Å²) in [6.07, 6.45) is 1.69. The fourth-order valence-electron chi connectivity index (χ4n) is 1.81. The van der Waals surface area contributed by atoms with Crippen LogP contribution in [0.25, 0.3) is 0 Å². The molecule has 2 rings (SSSR count). The molecule has 0 spiro atoms. The maximum atomic E-state index is 5.50. The number of hydrogen-bond donors (Lipinski definition) is 1. The van der Waals surface area contributed by atoms with E-state index in [0.717, 1.165) is 10.2 Å². The molecule has 0 bridgehead atoms. The summed E-state index contributed by atoms with van der Waals surface area (Å²) in [6.45, 7) is 2.09. The van der Waals surface area contributed by atoms with Crippen molar-refractivity contribution in [1.29, 1.82) is 0 Å². The lowest BCUT2D eigenvalue weighted by atomic mass is 10.0. The van der Waals surface area contributed by atoms with Crippen molar-refractivity contribution < 1.29 is 4.42 Å². The third-order valence-electron chi connectivity index (χ3n) is 2.57. The van der Waals surface area contributed by atoms with Gasteiger partial charge in [0.15, 0.2) is 0 Å². The van der Waals surface area contributed by atoms with Crippen LogP contribution in [0.15, 0.2) is 45.5 Å². The Kier molecular flexibility index (Phi) is 3.46. The largest absolute Gasteiger partial charge is 0.466 e. The molecule has 0 saturated carbocycles. The number of hydrogen-bond acceptors (Lipinski definition) is 2. The highest BCUT2D eigenvalue weighted by molar-refractivity contribution is 9.10. The minimum absolute atomic E-state index is 0.0873. The normalized spacial score (nSPS) is 12.7. The van der Waals surface area contributed by atoms with Gasteiger partial charge in [-0.25, -0.2) is 0 Å². The van der Waals surface area contributed by atoms with Gasteiger partial charge in [-0.3, -0.25) is 0 Å². The molecule has 1 aromatic carbocycles. The molecular formula is C13H14BrNO. The van der Waals surface area contributed by atoms with Crippen LogP contribution in [-0.2, 0) is 0 Å². The summed E-state index contributed by atoms with van der Waals surface area (Å²) < 4.78 is 6.50. The Labute approximate surface area is 104 Å². The SMILES string of the molecule is CNC(c1cccc(C)c1)c1occc1Br. The second-order valence-electron chi connectivity index (χ2n) is 3.77. The fraction of sp³-hybridized carbons (Fsp3) is 0.231. The van der Waals surface area contributed by atoms with Crippen LogP contribution in [0.4, 0.5) is 0 Å². The van der Waals surface area contributed by atoms with Gasteiger partial charge in [-0.05, 0) is 41.5 Å². The predicted molar refractivity (Wildman–Crippen MR) is 68.5 cm³/mol. The van der Waals surface area contributed by atoms with Gasteiger partial charge in [0.25, 0.3) is 0 Å². The van der Waals surface area contributed by atoms with E-state index in [0.29, 0.717) is 0 Å². The lowest BCUT2D eigenvalue weighted by molar-refractivity contribution is 0.461. The highest BCUT2D eigenvalue weighted by atomic mass is 79.9. The number of benzene rings is 1. The van der Waals surface area contributed by atoms with Gasteiger partial charge in [0.2, 0.25) is 0 Å². The fourth-order valence-corrected chi connectivity index (χ4v) is 2.24. The molecule has 84 valence electrons. The van der Waals surface area contributed by atoms with E-state index < -0.39 is 0 Å². The number of aryl methyl sites for hydroxylation is 1. The van der Waals surface area contributed by atoms with Crippen molar-refractivity contribution in [2.75, 3.05) is 7.05 Å². The van der Waals surface area contributed by atoms with E-state index in [4.69, 9.17) is 4.42 Å². The van der Waals surface area contributed by atoms with Crippen molar-refractivity contribution in [2.24, 2.45) is 0 Å². The molecule has 2 aromatic rings. The molecule has 1 N–H and O–H groups in total. The smallest absolute Gasteiger partial charge is 0.139 e. The van der Waals surface area contributed by atoms with Gasteiger partial charge in [0.1, 0.15) is 5.76 Å². The lowest BCUT2D eigenvalue weighted by Gasteiger charge is -2.15. The third-order valence-corrected chi connectivity index (χ3v) is 3.23. The highest BCUT2D eigenvalue weighted by Crippen LogP contribution is 2.29. The molecule has 2 nitrogen and oxygen atoms in total. The van der Waals surface area contributed by atoms with Crippen molar-refractivity contribution >= 4 is 15.9 Å². The Hall–Kier alpha value is -1.06. The van der Waals surface area contributed by atoms with Crippen LogP contribution in [-0.4, -0.2) is 7.05 Å². The topological polar surface area (TPSA) is 25.2 Å². The van der Waals surface area contributed by atoms with Crippen LogP contribution < -0.4 is 5.32 Å². The van der Waals surface area contributed by atoms with Gasteiger partial charge in [-0.15, -0.1) is 0 Å². The van der Waals surface area contributed by atoms with E-state index >= 15 is 0 Å². The Morgan fingerprint density at radius 1 is 1.31 bits per heavy atom. The highest BCUT2D eigenvalue weighted by Gasteiger charge is 2.17. The molecule has 16 heavy (non-hydrogen) atoms. The van der Waals surface area contributed by atoms with Gasteiger partial charge in [0.05, 0.1) is 16.8 Å². The first kappa shape index (κ1) is 11.4. The zero-order chi connectivity index (χ0) is 11.5. The number of nitrogens with one attached hydrogen (secondary N) is 1. The van der Waals surface area contributed by atoms with Crippen LogP contribution in [0.3, 0.4) is 0 Å². The first-order valence-corrected chi connectivity index (χ1v) is 5.98. The summed E-state index contributed by atoms with van der Waals surface area (Å²) in [6, 6.07) is 10.4. The summed E-state index contributed by atoms with van der Waals surface area (Å²) in [5.74, 6) is 0.910. The van der Waals surface area contributed by atoms with Crippen LogP contribution in [0.2, 0.25) is 0 Å². The molecule has 0 amide bonds. The van der Waals surface area contributed by atoms with Crippen LogP contribution in [0, 0.1) is 6.92 Å². The molecule has 0 aliphatic carbocycles. The number of furan rings is 1. The van der Waals surface area contributed by atoms with E-state index in [2.05, 4.69) is 52.4 Å². The van der Waals surface area contributed by atoms with Crippen molar-refractivity contribution in [3.8, 4) is 0 Å². The van der Waals surface area contributed by atoms with Crippen LogP contribution in [0.5, 0.6) is 0 Å². The Morgan fingerprint density at radius 2 is 2.12 bits per heavy atom. The Morgan fingerprint density at radius 3 is 2.69 bits per heavy atom. The maximum absolute atomic E-state index is 5.50. The Bertz CT molecular complexity index is 478. The molecule has 0 aliphatic rings.